The third-order valence-corrected chi connectivity index (χ3v) is 2.29. The van der Waals surface area contributed by atoms with Gasteiger partial charge in [-0.2, -0.15) is 13.2 Å². The molecular weight excluding hydrogens is 257 g/mol. The standard InChI is InChI=1S/C13H17F3N2O/c1-8-5-6-9(7-10(8)13(14,15)16)17-11(19)18-12(2,3)4/h5-7H,1-4H3,(H2,17,18,19). The Balaban J connectivity index is 2.89. The second-order valence-corrected chi connectivity index (χ2v) is 5.36. The van der Waals surface area contributed by atoms with Crippen molar-refractivity contribution < 1.29 is 18.0 Å². The highest BCUT2D eigenvalue weighted by atomic mass is 19.4. The highest BCUT2D eigenvalue weighted by Gasteiger charge is 2.32. The maximum atomic E-state index is 12.7. The number of carbonyl (C=O) groups is 1. The lowest BCUT2D eigenvalue weighted by Crippen LogP contribution is -2.43. The molecule has 0 fully saturated rings. The summed E-state index contributed by atoms with van der Waals surface area (Å²) in [6, 6.07) is 3.16. The van der Waals surface area contributed by atoms with E-state index in [-0.39, 0.29) is 11.3 Å². The first-order valence-corrected chi connectivity index (χ1v) is 5.76. The fourth-order valence-electron chi connectivity index (χ4n) is 1.51. The van der Waals surface area contributed by atoms with Crippen LogP contribution in [0.1, 0.15) is 31.9 Å². The zero-order valence-electron chi connectivity index (χ0n) is 11.3. The van der Waals surface area contributed by atoms with Crippen molar-refractivity contribution in [1.82, 2.24) is 5.32 Å². The van der Waals surface area contributed by atoms with Gasteiger partial charge in [-0.25, -0.2) is 4.79 Å². The van der Waals surface area contributed by atoms with Gasteiger partial charge < -0.3 is 10.6 Å². The lowest BCUT2D eigenvalue weighted by atomic mass is 10.1. The number of urea groups is 1. The minimum absolute atomic E-state index is 0.111. The van der Waals surface area contributed by atoms with Crippen molar-refractivity contribution in [2.75, 3.05) is 5.32 Å². The Labute approximate surface area is 110 Å². The van der Waals surface area contributed by atoms with E-state index < -0.39 is 23.3 Å². The predicted molar refractivity (Wildman–Crippen MR) is 68.1 cm³/mol. The molecular formula is C13H17F3N2O. The van der Waals surface area contributed by atoms with E-state index in [0.717, 1.165) is 6.07 Å². The van der Waals surface area contributed by atoms with E-state index in [1.54, 1.807) is 20.8 Å². The van der Waals surface area contributed by atoms with Gasteiger partial charge in [-0.05, 0) is 45.4 Å². The molecule has 0 heterocycles. The molecule has 0 saturated carbocycles. The van der Waals surface area contributed by atoms with E-state index in [1.807, 2.05) is 0 Å². The van der Waals surface area contributed by atoms with Crippen LogP contribution < -0.4 is 10.6 Å². The number of anilines is 1. The molecule has 0 aliphatic carbocycles. The largest absolute Gasteiger partial charge is 0.416 e. The summed E-state index contributed by atoms with van der Waals surface area (Å²) in [5, 5.41) is 5.00. The monoisotopic (exact) mass is 274 g/mol. The Morgan fingerprint density at radius 3 is 2.21 bits per heavy atom. The van der Waals surface area contributed by atoms with Crippen LogP contribution in [0.5, 0.6) is 0 Å². The zero-order chi connectivity index (χ0) is 14.8. The molecule has 2 N–H and O–H groups in total. The van der Waals surface area contributed by atoms with Crippen molar-refractivity contribution in [3.63, 3.8) is 0 Å². The molecule has 0 saturated heterocycles. The molecule has 0 aliphatic rings. The van der Waals surface area contributed by atoms with Crippen LogP contribution in [0.25, 0.3) is 0 Å². The maximum absolute atomic E-state index is 12.7. The molecule has 2 amide bonds. The summed E-state index contributed by atoms with van der Waals surface area (Å²) in [5.41, 5.74) is -0.975. The highest BCUT2D eigenvalue weighted by molar-refractivity contribution is 5.89. The van der Waals surface area contributed by atoms with Crippen LogP contribution in [0.2, 0.25) is 0 Å². The van der Waals surface area contributed by atoms with Crippen molar-refractivity contribution in [2.45, 2.75) is 39.4 Å². The van der Waals surface area contributed by atoms with Gasteiger partial charge in [-0.15, -0.1) is 0 Å². The van der Waals surface area contributed by atoms with E-state index >= 15 is 0 Å². The first-order valence-electron chi connectivity index (χ1n) is 5.76. The molecule has 0 unspecified atom stereocenters. The number of nitrogens with one attached hydrogen (secondary N) is 2. The molecule has 3 nitrogen and oxygen atoms in total. The zero-order valence-corrected chi connectivity index (χ0v) is 11.3. The summed E-state index contributed by atoms with van der Waals surface area (Å²) in [5.74, 6) is 0. The highest BCUT2D eigenvalue weighted by Crippen LogP contribution is 2.33. The van der Waals surface area contributed by atoms with E-state index in [2.05, 4.69) is 10.6 Å². The normalized spacial score (nSPS) is 12.2. The third kappa shape index (κ3) is 4.81. The summed E-state index contributed by atoms with van der Waals surface area (Å²) in [7, 11) is 0. The van der Waals surface area contributed by atoms with Crippen molar-refractivity contribution >= 4 is 11.7 Å². The van der Waals surface area contributed by atoms with Gasteiger partial charge in [0.25, 0.3) is 0 Å². The number of aryl methyl sites for hydroxylation is 1. The third-order valence-electron chi connectivity index (χ3n) is 2.29. The summed E-state index contributed by atoms with van der Waals surface area (Å²) in [6.07, 6.45) is -4.43. The van der Waals surface area contributed by atoms with E-state index in [9.17, 15) is 18.0 Å². The number of amides is 2. The van der Waals surface area contributed by atoms with Gasteiger partial charge in [0.2, 0.25) is 0 Å². The number of halogens is 3. The minimum Gasteiger partial charge on any atom is -0.333 e. The summed E-state index contributed by atoms with van der Waals surface area (Å²) >= 11 is 0. The fraction of sp³-hybridized carbons (Fsp3) is 0.462. The van der Waals surface area contributed by atoms with Gasteiger partial charge in [0.1, 0.15) is 0 Å². The van der Waals surface area contributed by atoms with Crippen molar-refractivity contribution in [1.29, 1.82) is 0 Å². The molecule has 6 heteroatoms. The van der Waals surface area contributed by atoms with Crippen LogP contribution in [-0.2, 0) is 6.18 Å². The molecule has 1 rings (SSSR count). The number of benzene rings is 1. The van der Waals surface area contributed by atoms with Gasteiger partial charge in [0, 0.05) is 11.2 Å². The smallest absolute Gasteiger partial charge is 0.333 e. The average Bonchev–Trinajstić information content (AvgIpc) is 2.16. The summed E-state index contributed by atoms with van der Waals surface area (Å²) in [6.45, 7) is 6.72. The van der Waals surface area contributed by atoms with Crippen LogP contribution in [0, 0.1) is 6.92 Å². The van der Waals surface area contributed by atoms with Crippen LogP contribution in [-0.4, -0.2) is 11.6 Å². The average molecular weight is 274 g/mol. The lowest BCUT2D eigenvalue weighted by molar-refractivity contribution is -0.138. The van der Waals surface area contributed by atoms with Crippen LogP contribution in [0.15, 0.2) is 18.2 Å². The quantitative estimate of drug-likeness (QED) is 0.800. The van der Waals surface area contributed by atoms with Crippen LogP contribution in [0.3, 0.4) is 0 Å². The second kappa shape index (κ2) is 5.11. The molecule has 0 aliphatic heterocycles. The molecule has 0 atom stereocenters. The van der Waals surface area contributed by atoms with E-state index in [1.165, 1.54) is 19.1 Å². The van der Waals surface area contributed by atoms with E-state index in [0.29, 0.717) is 0 Å². The molecule has 0 spiro atoms. The van der Waals surface area contributed by atoms with Gasteiger partial charge in [-0.3, -0.25) is 0 Å². The van der Waals surface area contributed by atoms with Crippen LogP contribution in [0.4, 0.5) is 23.7 Å². The molecule has 0 aromatic heterocycles. The Bertz CT molecular complexity index is 476. The molecule has 1 aromatic rings. The summed E-state index contributed by atoms with van der Waals surface area (Å²) < 4.78 is 38.1. The topological polar surface area (TPSA) is 41.1 Å². The van der Waals surface area contributed by atoms with Gasteiger partial charge in [0.05, 0.1) is 5.56 Å². The number of carbonyl (C=O) groups excluding carboxylic acids is 1. The van der Waals surface area contributed by atoms with Crippen molar-refractivity contribution in [2.24, 2.45) is 0 Å². The Morgan fingerprint density at radius 1 is 1.16 bits per heavy atom. The summed E-state index contributed by atoms with van der Waals surface area (Å²) in [4.78, 5) is 11.6. The molecule has 19 heavy (non-hydrogen) atoms. The Kier molecular flexibility index (Phi) is 4.12. The SMILES string of the molecule is Cc1ccc(NC(=O)NC(C)(C)C)cc1C(F)(F)F. The first kappa shape index (κ1) is 15.3. The maximum Gasteiger partial charge on any atom is 0.416 e. The van der Waals surface area contributed by atoms with E-state index in [4.69, 9.17) is 0 Å². The second-order valence-electron chi connectivity index (χ2n) is 5.36. The predicted octanol–water partition coefficient (Wildman–Crippen LogP) is 3.93. The lowest BCUT2D eigenvalue weighted by Gasteiger charge is -2.21. The minimum atomic E-state index is -4.43. The number of hydrogen-bond acceptors (Lipinski definition) is 1. The number of alkyl halides is 3. The number of hydrogen-bond donors (Lipinski definition) is 2. The van der Waals surface area contributed by atoms with Gasteiger partial charge in [-0.1, -0.05) is 6.07 Å². The molecule has 106 valence electrons. The fourth-order valence-corrected chi connectivity index (χ4v) is 1.51. The van der Waals surface area contributed by atoms with Gasteiger partial charge >= 0.3 is 12.2 Å². The van der Waals surface area contributed by atoms with Crippen LogP contribution >= 0.6 is 0 Å². The Morgan fingerprint density at radius 2 is 1.74 bits per heavy atom. The molecule has 0 bridgehead atoms. The van der Waals surface area contributed by atoms with Gasteiger partial charge in [0.15, 0.2) is 0 Å². The Hall–Kier alpha value is -1.72. The van der Waals surface area contributed by atoms with Crippen molar-refractivity contribution in [3.8, 4) is 0 Å². The number of rotatable bonds is 1. The first-order chi connectivity index (χ1) is 8.49. The van der Waals surface area contributed by atoms with Crippen molar-refractivity contribution in [3.05, 3.63) is 29.3 Å². The molecule has 0 radical (unpaired) electrons. The molecule has 1 aromatic carbocycles.